The van der Waals surface area contributed by atoms with Gasteiger partial charge in [-0.3, -0.25) is 10.00 Å². The number of nitrogens with two attached hydrogens (primary N) is 1. The van der Waals surface area contributed by atoms with Crippen molar-refractivity contribution in [2.45, 2.75) is 12.5 Å². The van der Waals surface area contributed by atoms with Crippen molar-refractivity contribution in [1.29, 1.82) is 0 Å². The number of nitrogens with one attached hydrogen (secondary N) is 1. The summed E-state index contributed by atoms with van der Waals surface area (Å²) in [6.07, 6.45) is 8.65. The third-order valence-corrected chi connectivity index (χ3v) is 6.03. The molecule has 7 heteroatoms. The monoisotopic (exact) mass is 395 g/mol. The van der Waals surface area contributed by atoms with E-state index < -0.39 is 0 Å². The summed E-state index contributed by atoms with van der Waals surface area (Å²) in [4.78, 5) is 12.1. The molecule has 0 bridgehead atoms. The zero-order valence-corrected chi connectivity index (χ0v) is 16.6. The average molecular weight is 395 g/mol. The van der Waals surface area contributed by atoms with Crippen molar-refractivity contribution in [2.24, 2.45) is 0 Å². The van der Waals surface area contributed by atoms with Crippen molar-refractivity contribution < 1.29 is 0 Å². The number of hydrogen-bond acceptors (Lipinski definition) is 5. The maximum atomic E-state index is 6.06. The Balaban J connectivity index is 1.57. The first-order valence-electron chi connectivity index (χ1n) is 10.0. The van der Waals surface area contributed by atoms with E-state index >= 15 is 0 Å². The van der Waals surface area contributed by atoms with E-state index in [0.717, 1.165) is 52.2 Å². The fourth-order valence-electron chi connectivity index (χ4n) is 4.50. The lowest BCUT2D eigenvalue weighted by molar-refractivity contribution is 0.261. The molecule has 6 rings (SSSR count). The average Bonchev–Trinajstić information content (AvgIpc) is 3.42. The van der Waals surface area contributed by atoms with Gasteiger partial charge in [-0.05, 0) is 42.8 Å². The van der Waals surface area contributed by atoms with E-state index in [0.29, 0.717) is 0 Å². The van der Waals surface area contributed by atoms with Gasteiger partial charge in [-0.1, -0.05) is 18.2 Å². The van der Waals surface area contributed by atoms with Crippen LogP contribution in [0.5, 0.6) is 0 Å². The van der Waals surface area contributed by atoms with Crippen LogP contribution in [-0.2, 0) is 6.42 Å². The molecule has 1 aliphatic heterocycles. The second kappa shape index (κ2) is 6.40. The van der Waals surface area contributed by atoms with Gasteiger partial charge < -0.3 is 10.1 Å². The highest BCUT2D eigenvalue weighted by atomic mass is 15.2. The molecule has 4 heterocycles. The van der Waals surface area contributed by atoms with E-state index in [1.165, 1.54) is 11.1 Å². The molecule has 1 unspecified atom stereocenters. The van der Waals surface area contributed by atoms with Gasteiger partial charge in [-0.15, -0.1) is 0 Å². The highest BCUT2D eigenvalue weighted by molar-refractivity contribution is 5.83. The minimum atomic E-state index is 0.0232. The summed E-state index contributed by atoms with van der Waals surface area (Å²) >= 11 is 0. The van der Waals surface area contributed by atoms with Crippen LogP contribution in [0.4, 0.5) is 5.69 Å². The van der Waals surface area contributed by atoms with Crippen LogP contribution in [0.25, 0.3) is 27.8 Å². The molecule has 0 saturated heterocycles. The van der Waals surface area contributed by atoms with Crippen LogP contribution in [0.1, 0.15) is 22.9 Å². The van der Waals surface area contributed by atoms with Gasteiger partial charge in [-0.2, -0.15) is 5.10 Å². The largest absolute Gasteiger partial charge is 0.399 e. The number of aromatic nitrogens is 5. The molecule has 1 aliphatic rings. The van der Waals surface area contributed by atoms with Gasteiger partial charge in [0.1, 0.15) is 5.69 Å². The number of nitrogen functional groups attached to an aromatic ring is 1. The Morgan fingerprint density at radius 3 is 3.03 bits per heavy atom. The van der Waals surface area contributed by atoms with Gasteiger partial charge in [0, 0.05) is 41.8 Å². The molecule has 1 atom stereocenters. The molecule has 7 nitrogen and oxygen atoms in total. The Bertz CT molecular complexity index is 1400. The summed E-state index contributed by atoms with van der Waals surface area (Å²) in [5.41, 5.74) is 14.2. The Hall–Kier alpha value is -3.71. The third kappa shape index (κ3) is 2.59. The van der Waals surface area contributed by atoms with Gasteiger partial charge >= 0.3 is 0 Å². The summed E-state index contributed by atoms with van der Waals surface area (Å²) in [5.74, 6) is 0. The van der Waals surface area contributed by atoms with Gasteiger partial charge in [0.05, 0.1) is 23.4 Å². The summed E-state index contributed by atoms with van der Waals surface area (Å²) in [6, 6.07) is 12.5. The third-order valence-electron chi connectivity index (χ3n) is 6.03. The Kier molecular flexibility index (Phi) is 3.66. The normalized spacial score (nSPS) is 16.9. The maximum absolute atomic E-state index is 6.06. The predicted octanol–water partition coefficient (Wildman–Crippen LogP) is 3.43. The van der Waals surface area contributed by atoms with E-state index in [9.17, 15) is 0 Å². The van der Waals surface area contributed by atoms with Crippen LogP contribution in [0.3, 0.4) is 0 Å². The molecule has 0 spiro atoms. The second-order valence-corrected chi connectivity index (χ2v) is 7.93. The molecule has 0 amide bonds. The smallest absolute Gasteiger partial charge is 0.160 e. The number of aromatic amines is 1. The van der Waals surface area contributed by atoms with Crippen LogP contribution in [0.2, 0.25) is 0 Å². The van der Waals surface area contributed by atoms with Crippen LogP contribution in [-0.4, -0.2) is 43.1 Å². The minimum Gasteiger partial charge on any atom is -0.399 e. The Labute approximate surface area is 173 Å². The Morgan fingerprint density at radius 1 is 1.17 bits per heavy atom. The number of likely N-dealkylation sites (N-methyl/N-ethyl adjacent to an activating group) is 1. The number of hydrogen-bond donors (Lipinski definition) is 2. The number of nitrogens with zero attached hydrogens (tertiary/aromatic N) is 5. The van der Waals surface area contributed by atoms with E-state index in [2.05, 4.69) is 61.9 Å². The molecular formula is C23H21N7. The van der Waals surface area contributed by atoms with Crippen molar-refractivity contribution >= 4 is 22.2 Å². The van der Waals surface area contributed by atoms with Crippen LogP contribution in [0, 0.1) is 0 Å². The number of imidazole rings is 1. The Morgan fingerprint density at radius 2 is 2.10 bits per heavy atom. The van der Waals surface area contributed by atoms with Crippen LogP contribution < -0.4 is 5.73 Å². The highest BCUT2D eigenvalue weighted by Crippen LogP contribution is 2.36. The summed E-state index contributed by atoms with van der Waals surface area (Å²) < 4.78 is 2.06. The first-order valence-corrected chi connectivity index (χ1v) is 10.0. The first-order chi connectivity index (χ1) is 14.7. The number of benzene rings is 2. The van der Waals surface area contributed by atoms with Gasteiger partial charge in [0.15, 0.2) is 5.65 Å². The van der Waals surface area contributed by atoms with Gasteiger partial charge in [0.25, 0.3) is 0 Å². The van der Waals surface area contributed by atoms with E-state index in [1.807, 2.05) is 30.9 Å². The first kappa shape index (κ1) is 17.2. The lowest BCUT2D eigenvalue weighted by Crippen LogP contribution is -2.34. The molecule has 2 aromatic carbocycles. The lowest BCUT2D eigenvalue weighted by Gasteiger charge is -2.34. The summed E-state index contributed by atoms with van der Waals surface area (Å²) in [5, 5.41) is 8.27. The minimum absolute atomic E-state index is 0.0232. The van der Waals surface area contributed by atoms with Gasteiger partial charge in [0.2, 0.25) is 0 Å². The van der Waals surface area contributed by atoms with E-state index in [-0.39, 0.29) is 6.04 Å². The standard InChI is InChI=1S/C23H21N7/c1-29-8-6-14-10-17(24)4-5-18(14)22(29)21-23-25-7-9-30(23)13-20(27-21)15-2-3-16-12-26-28-19(16)11-15/h2-5,7,9-13,22H,6,8,24H2,1H3,(H,26,28). The van der Waals surface area contributed by atoms with Gasteiger partial charge in [-0.25, -0.2) is 9.97 Å². The van der Waals surface area contributed by atoms with Crippen molar-refractivity contribution in [1.82, 2.24) is 29.5 Å². The fraction of sp³-hybridized carbons (Fsp3) is 0.174. The summed E-state index contributed by atoms with van der Waals surface area (Å²) in [7, 11) is 2.15. The molecule has 5 aromatic rings. The molecule has 0 fully saturated rings. The zero-order valence-electron chi connectivity index (χ0n) is 16.6. The fourth-order valence-corrected chi connectivity index (χ4v) is 4.50. The molecule has 30 heavy (non-hydrogen) atoms. The molecular weight excluding hydrogens is 374 g/mol. The van der Waals surface area contributed by atoms with E-state index in [1.54, 1.807) is 0 Å². The highest BCUT2D eigenvalue weighted by Gasteiger charge is 2.30. The topological polar surface area (TPSA) is 88.1 Å². The predicted molar refractivity (Wildman–Crippen MR) is 117 cm³/mol. The van der Waals surface area contributed by atoms with Crippen molar-refractivity contribution in [3.05, 3.63) is 78.0 Å². The second-order valence-electron chi connectivity index (χ2n) is 7.93. The number of rotatable bonds is 2. The molecule has 3 aromatic heterocycles. The summed E-state index contributed by atoms with van der Waals surface area (Å²) in [6.45, 7) is 0.944. The lowest BCUT2D eigenvalue weighted by atomic mass is 9.90. The number of anilines is 1. The van der Waals surface area contributed by atoms with Crippen molar-refractivity contribution in [3.8, 4) is 11.3 Å². The molecule has 0 aliphatic carbocycles. The molecule has 3 N–H and O–H groups in total. The number of fused-ring (bicyclic) bond motifs is 3. The maximum Gasteiger partial charge on any atom is 0.160 e. The van der Waals surface area contributed by atoms with Crippen LogP contribution >= 0.6 is 0 Å². The van der Waals surface area contributed by atoms with E-state index in [4.69, 9.17) is 10.7 Å². The SMILES string of the molecule is CN1CCc2cc(N)ccc2C1c1nc(-c2ccc3cn[nH]c3c2)cn2ccnc12. The molecule has 148 valence electrons. The zero-order chi connectivity index (χ0) is 20.2. The molecule has 0 radical (unpaired) electrons. The number of H-pyrrole nitrogens is 1. The van der Waals surface area contributed by atoms with Crippen LogP contribution in [0.15, 0.2) is 61.2 Å². The quantitative estimate of drug-likeness (QED) is 0.447. The van der Waals surface area contributed by atoms with Crippen molar-refractivity contribution in [2.75, 3.05) is 19.3 Å². The molecule has 0 saturated carbocycles. The van der Waals surface area contributed by atoms with Crippen molar-refractivity contribution in [3.63, 3.8) is 0 Å².